The van der Waals surface area contributed by atoms with Gasteiger partial charge in [-0.3, -0.25) is 4.79 Å². The lowest BCUT2D eigenvalue weighted by Gasteiger charge is -2.22. The van der Waals surface area contributed by atoms with Crippen molar-refractivity contribution in [2.75, 3.05) is 25.5 Å². The van der Waals surface area contributed by atoms with Gasteiger partial charge in [0.15, 0.2) is 0 Å². The maximum absolute atomic E-state index is 13.1. The highest BCUT2D eigenvalue weighted by Gasteiger charge is 2.31. The van der Waals surface area contributed by atoms with Crippen molar-refractivity contribution in [1.29, 1.82) is 0 Å². The first-order valence-electron chi connectivity index (χ1n) is 10.3. The predicted molar refractivity (Wildman–Crippen MR) is 120 cm³/mol. The topological polar surface area (TPSA) is 111 Å². The average molecular weight is 457 g/mol. The van der Waals surface area contributed by atoms with Crippen molar-refractivity contribution in [1.82, 2.24) is 35.1 Å². The van der Waals surface area contributed by atoms with Gasteiger partial charge in [-0.15, -0.1) is 10.2 Å². The number of carbonyl (C=O) groups is 1. The molecule has 1 N–H and O–H groups in total. The van der Waals surface area contributed by atoms with Crippen LogP contribution in [0.4, 0.5) is 5.82 Å². The minimum Gasteiger partial charge on any atom is -0.481 e. The summed E-state index contributed by atoms with van der Waals surface area (Å²) in [5.41, 5.74) is 2.36. The number of likely N-dealkylation sites (tertiary alicyclic amines) is 1. The van der Waals surface area contributed by atoms with Crippen LogP contribution in [0.1, 0.15) is 30.5 Å². The Morgan fingerprint density at radius 3 is 2.88 bits per heavy atom. The van der Waals surface area contributed by atoms with Gasteiger partial charge in [0.2, 0.25) is 17.6 Å². The number of hydrogen-bond acceptors (Lipinski definition) is 8. The van der Waals surface area contributed by atoms with Crippen molar-refractivity contribution in [3.05, 3.63) is 40.7 Å². The van der Waals surface area contributed by atoms with E-state index in [4.69, 9.17) is 16.3 Å². The summed E-state index contributed by atoms with van der Waals surface area (Å²) < 4.78 is 5.17. The van der Waals surface area contributed by atoms with E-state index in [1.54, 1.807) is 13.1 Å². The lowest BCUT2D eigenvalue weighted by atomic mass is 10.0. The summed E-state index contributed by atoms with van der Waals surface area (Å²) >= 11 is 6.28. The monoisotopic (exact) mass is 456 g/mol. The number of methoxy groups -OCH3 is 1. The van der Waals surface area contributed by atoms with Gasteiger partial charge < -0.3 is 15.0 Å². The molecule has 1 fully saturated rings. The molecule has 0 aliphatic carbocycles. The molecule has 10 nitrogen and oxygen atoms in total. The molecule has 0 bridgehead atoms. The lowest BCUT2D eigenvalue weighted by molar-refractivity contribution is -0.131. The molecule has 4 rings (SSSR count). The van der Waals surface area contributed by atoms with Gasteiger partial charge in [-0.05, 0) is 43.2 Å². The first-order chi connectivity index (χ1) is 15.4. The Kier molecular flexibility index (Phi) is 6.22. The van der Waals surface area contributed by atoms with Crippen molar-refractivity contribution < 1.29 is 9.53 Å². The number of carbonyl (C=O) groups excluding carboxylic acids is 1. The van der Waals surface area contributed by atoms with E-state index in [0.717, 1.165) is 23.5 Å². The second-order valence-electron chi connectivity index (χ2n) is 7.82. The van der Waals surface area contributed by atoms with Crippen molar-refractivity contribution in [3.63, 3.8) is 0 Å². The van der Waals surface area contributed by atoms with Crippen molar-refractivity contribution in [2.24, 2.45) is 7.05 Å². The van der Waals surface area contributed by atoms with E-state index in [2.05, 4.69) is 30.7 Å². The molecule has 0 unspecified atom stereocenters. The Morgan fingerprint density at radius 2 is 2.19 bits per heavy atom. The Hall–Kier alpha value is -3.27. The summed E-state index contributed by atoms with van der Waals surface area (Å²) in [5, 5.41) is 16.0. The highest BCUT2D eigenvalue weighted by molar-refractivity contribution is 6.31. The highest BCUT2D eigenvalue weighted by atomic mass is 35.5. The minimum absolute atomic E-state index is 0.0256. The van der Waals surface area contributed by atoms with Gasteiger partial charge in [0.25, 0.3) is 0 Å². The summed E-state index contributed by atoms with van der Waals surface area (Å²) in [6.07, 6.45) is 2.35. The SMILES string of the molecule is COc1cc([C@@H](C)C(=O)N2CC[C@H](Nc3ccc(-c4nnn(C)n4)c(C)n3)C2)c(Cl)cn1. The zero-order valence-corrected chi connectivity index (χ0v) is 19.2. The second kappa shape index (κ2) is 9.07. The van der Waals surface area contributed by atoms with Crippen LogP contribution in [0.25, 0.3) is 11.4 Å². The number of aryl methyl sites for hydroxylation is 2. The molecule has 0 saturated carbocycles. The maximum Gasteiger partial charge on any atom is 0.229 e. The molecule has 4 heterocycles. The number of rotatable bonds is 6. The third kappa shape index (κ3) is 4.50. The van der Waals surface area contributed by atoms with Crippen LogP contribution >= 0.6 is 11.6 Å². The summed E-state index contributed by atoms with van der Waals surface area (Å²) in [6.45, 7) is 5.03. The minimum atomic E-state index is -0.391. The number of halogens is 1. The molecule has 1 amide bonds. The number of nitrogens with zero attached hydrogens (tertiary/aromatic N) is 7. The number of pyridine rings is 2. The second-order valence-corrected chi connectivity index (χ2v) is 8.22. The predicted octanol–water partition coefficient (Wildman–Crippen LogP) is 2.45. The van der Waals surface area contributed by atoms with E-state index in [0.29, 0.717) is 35.4 Å². The zero-order valence-electron chi connectivity index (χ0n) is 18.4. The van der Waals surface area contributed by atoms with Gasteiger partial charge in [-0.1, -0.05) is 11.6 Å². The smallest absolute Gasteiger partial charge is 0.229 e. The molecule has 168 valence electrons. The van der Waals surface area contributed by atoms with Gasteiger partial charge in [-0.2, -0.15) is 4.80 Å². The number of hydrogen-bond donors (Lipinski definition) is 1. The van der Waals surface area contributed by atoms with Gasteiger partial charge in [0, 0.05) is 37.0 Å². The third-order valence-electron chi connectivity index (χ3n) is 5.59. The average Bonchev–Trinajstić information content (AvgIpc) is 3.42. The number of anilines is 1. The van der Waals surface area contributed by atoms with E-state index in [1.807, 2.05) is 30.9 Å². The van der Waals surface area contributed by atoms with E-state index in [1.165, 1.54) is 18.1 Å². The third-order valence-corrected chi connectivity index (χ3v) is 5.91. The molecule has 1 aliphatic heterocycles. The van der Waals surface area contributed by atoms with Crippen LogP contribution in [0.15, 0.2) is 24.4 Å². The normalized spacial score (nSPS) is 16.8. The molecule has 2 atom stereocenters. The van der Waals surface area contributed by atoms with Gasteiger partial charge >= 0.3 is 0 Å². The Labute approximate surface area is 190 Å². The molecule has 32 heavy (non-hydrogen) atoms. The molecule has 11 heteroatoms. The van der Waals surface area contributed by atoms with Crippen molar-refractivity contribution in [2.45, 2.75) is 32.2 Å². The molecular weight excluding hydrogens is 432 g/mol. The molecule has 0 aromatic carbocycles. The summed E-state index contributed by atoms with van der Waals surface area (Å²) in [6, 6.07) is 5.66. The standard InChI is InChI=1S/C21H25ClN8O2/c1-12(16-9-19(32-4)23-10-17(16)22)21(31)30-8-7-14(11-30)25-18-6-5-15(13(2)24-18)20-26-28-29(3)27-20/h5-6,9-10,12,14H,7-8,11H2,1-4H3,(H,24,25)/t12-,14+/m1/s1. The summed E-state index contributed by atoms with van der Waals surface area (Å²) in [7, 11) is 3.26. The summed E-state index contributed by atoms with van der Waals surface area (Å²) in [5.74, 6) is 1.37. The highest BCUT2D eigenvalue weighted by Crippen LogP contribution is 2.29. The number of tetrazole rings is 1. The molecule has 0 radical (unpaired) electrons. The van der Waals surface area contributed by atoms with Crippen LogP contribution in [0.5, 0.6) is 5.88 Å². The van der Waals surface area contributed by atoms with Crippen LogP contribution in [0.3, 0.4) is 0 Å². The van der Waals surface area contributed by atoms with E-state index in [-0.39, 0.29) is 11.9 Å². The number of amides is 1. The van der Waals surface area contributed by atoms with Crippen molar-refractivity contribution in [3.8, 4) is 17.3 Å². The van der Waals surface area contributed by atoms with E-state index in [9.17, 15) is 4.79 Å². The number of ether oxygens (including phenoxy) is 1. The summed E-state index contributed by atoms with van der Waals surface area (Å²) in [4.78, 5) is 25.1. The Morgan fingerprint density at radius 1 is 1.38 bits per heavy atom. The fourth-order valence-electron chi connectivity index (χ4n) is 3.84. The van der Waals surface area contributed by atoms with Crippen LogP contribution in [-0.2, 0) is 11.8 Å². The molecule has 3 aromatic rings. The van der Waals surface area contributed by atoms with Crippen LogP contribution in [0, 0.1) is 6.92 Å². The molecule has 1 saturated heterocycles. The molecule has 1 aliphatic rings. The van der Waals surface area contributed by atoms with Gasteiger partial charge in [0.05, 0.1) is 30.8 Å². The number of aromatic nitrogens is 6. The van der Waals surface area contributed by atoms with Crippen LogP contribution in [-0.4, -0.2) is 67.2 Å². The maximum atomic E-state index is 13.1. The Bertz CT molecular complexity index is 1130. The Balaban J connectivity index is 1.40. The van der Waals surface area contributed by atoms with Crippen LogP contribution in [0.2, 0.25) is 5.02 Å². The molecule has 3 aromatic heterocycles. The first kappa shape index (κ1) is 21.9. The van der Waals surface area contributed by atoms with Gasteiger partial charge in [-0.25, -0.2) is 9.97 Å². The van der Waals surface area contributed by atoms with Gasteiger partial charge in [0.1, 0.15) is 5.82 Å². The lowest BCUT2D eigenvalue weighted by Crippen LogP contribution is -2.34. The number of nitrogens with one attached hydrogen (secondary N) is 1. The molecular formula is C21H25ClN8O2. The quantitative estimate of drug-likeness (QED) is 0.602. The fourth-order valence-corrected chi connectivity index (χ4v) is 4.11. The van der Waals surface area contributed by atoms with Crippen molar-refractivity contribution >= 4 is 23.3 Å². The van der Waals surface area contributed by atoms with E-state index >= 15 is 0 Å². The first-order valence-corrected chi connectivity index (χ1v) is 10.7. The molecule has 0 spiro atoms. The fraction of sp³-hybridized carbons (Fsp3) is 0.429. The largest absolute Gasteiger partial charge is 0.481 e. The zero-order chi connectivity index (χ0) is 22.8. The van der Waals surface area contributed by atoms with E-state index < -0.39 is 5.92 Å². The van der Waals surface area contributed by atoms with Crippen LogP contribution < -0.4 is 10.1 Å².